The number of para-hydroxylation sites is 1. The SMILES string of the molecule is CCCCCN1C(=O)S/C(=C\c2ccccc2OC)C1=O. The molecule has 1 aliphatic rings. The summed E-state index contributed by atoms with van der Waals surface area (Å²) in [5.74, 6) is 0.488. The standard InChI is InChI=1S/C16H19NO3S/c1-3-4-7-10-17-15(18)14(21-16(17)19)11-12-8-5-6-9-13(12)20-2/h5-6,8-9,11H,3-4,7,10H2,1-2H3/b14-11-. The Hall–Kier alpha value is -1.75. The van der Waals surface area contributed by atoms with Crippen LogP contribution < -0.4 is 4.74 Å². The number of imide groups is 1. The zero-order valence-corrected chi connectivity index (χ0v) is 13.1. The van der Waals surface area contributed by atoms with Crippen LogP contribution in [0.25, 0.3) is 6.08 Å². The molecule has 1 saturated heterocycles. The number of hydrogen-bond acceptors (Lipinski definition) is 4. The van der Waals surface area contributed by atoms with Gasteiger partial charge in [0, 0.05) is 12.1 Å². The Labute approximate surface area is 129 Å². The van der Waals surface area contributed by atoms with E-state index >= 15 is 0 Å². The molecule has 112 valence electrons. The molecule has 2 rings (SSSR count). The van der Waals surface area contributed by atoms with E-state index in [1.165, 1.54) is 4.90 Å². The molecule has 1 aromatic rings. The van der Waals surface area contributed by atoms with E-state index in [1.807, 2.05) is 24.3 Å². The van der Waals surface area contributed by atoms with Gasteiger partial charge in [-0.1, -0.05) is 38.0 Å². The van der Waals surface area contributed by atoms with Gasteiger partial charge in [0.15, 0.2) is 0 Å². The number of amides is 2. The number of rotatable bonds is 6. The molecule has 1 fully saturated rings. The van der Waals surface area contributed by atoms with Crippen molar-refractivity contribution >= 4 is 29.0 Å². The molecule has 0 saturated carbocycles. The quantitative estimate of drug-likeness (QED) is 0.590. The number of carbonyl (C=O) groups excluding carboxylic acids is 2. The Morgan fingerprint density at radius 2 is 2.00 bits per heavy atom. The molecule has 0 N–H and O–H groups in total. The molecule has 0 aromatic heterocycles. The van der Waals surface area contributed by atoms with E-state index in [1.54, 1.807) is 13.2 Å². The molecule has 1 aromatic carbocycles. The highest BCUT2D eigenvalue weighted by Gasteiger charge is 2.34. The van der Waals surface area contributed by atoms with Crippen molar-refractivity contribution in [1.29, 1.82) is 0 Å². The molecule has 0 aliphatic carbocycles. The van der Waals surface area contributed by atoms with Crippen molar-refractivity contribution in [1.82, 2.24) is 4.90 Å². The molecule has 5 heteroatoms. The zero-order valence-electron chi connectivity index (χ0n) is 12.3. The molecule has 1 aliphatic heterocycles. The van der Waals surface area contributed by atoms with E-state index in [2.05, 4.69) is 6.92 Å². The number of methoxy groups -OCH3 is 1. The number of carbonyl (C=O) groups is 2. The van der Waals surface area contributed by atoms with Crippen LogP contribution in [0.2, 0.25) is 0 Å². The highest BCUT2D eigenvalue weighted by Crippen LogP contribution is 2.34. The summed E-state index contributed by atoms with van der Waals surface area (Å²) >= 11 is 0.997. The van der Waals surface area contributed by atoms with Crippen molar-refractivity contribution in [3.63, 3.8) is 0 Å². The molecule has 0 radical (unpaired) electrons. The predicted octanol–water partition coefficient (Wildman–Crippen LogP) is 3.92. The fourth-order valence-electron chi connectivity index (χ4n) is 2.14. The van der Waals surface area contributed by atoms with Crippen LogP contribution in [-0.2, 0) is 4.79 Å². The summed E-state index contributed by atoms with van der Waals surface area (Å²) in [6, 6.07) is 7.44. The maximum absolute atomic E-state index is 12.3. The van der Waals surface area contributed by atoms with Crippen molar-refractivity contribution in [3.8, 4) is 5.75 Å². The molecule has 0 unspecified atom stereocenters. The number of ether oxygens (including phenoxy) is 1. The second kappa shape index (κ2) is 7.31. The van der Waals surface area contributed by atoms with E-state index in [0.29, 0.717) is 17.2 Å². The molecule has 0 bridgehead atoms. The number of benzene rings is 1. The van der Waals surface area contributed by atoms with Gasteiger partial charge < -0.3 is 4.74 Å². The van der Waals surface area contributed by atoms with Crippen molar-refractivity contribution in [3.05, 3.63) is 34.7 Å². The predicted molar refractivity (Wildman–Crippen MR) is 85.2 cm³/mol. The second-order valence-corrected chi connectivity index (χ2v) is 5.78. The van der Waals surface area contributed by atoms with Crippen molar-refractivity contribution in [2.75, 3.05) is 13.7 Å². The van der Waals surface area contributed by atoms with Crippen LogP contribution in [0.1, 0.15) is 31.7 Å². The third-order valence-electron chi connectivity index (χ3n) is 3.28. The van der Waals surface area contributed by atoms with Gasteiger partial charge in [0.1, 0.15) is 5.75 Å². The Bertz CT molecular complexity index is 568. The highest BCUT2D eigenvalue weighted by molar-refractivity contribution is 8.18. The summed E-state index contributed by atoms with van der Waals surface area (Å²) in [4.78, 5) is 26.0. The van der Waals surface area contributed by atoms with Gasteiger partial charge in [-0.05, 0) is 30.3 Å². The van der Waals surface area contributed by atoms with E-state index in [0.717, 1.165) is 36.6 Å². The third-order valence-corrected chi connectivity index (χ3v) is 4.19. The van der Waals surface area contributed by atoms with Crippen LogP contribution in [0, 0.1) is 0 Å². The maximum Gasteiger partial charge on any atom is 0.293 e. The van der Waals surface area contributed by atoms with Gasteiger partial charge in [-0.2, -0.15) is 0 Å². The topological polar surface area (TPSA) is 46.6 Å². The first-order chi connectivity index (χ1) is 10.2. The summed E-state index contributed by atoms with van der Waals surface area (Å²) in [5, 5.41) is -0.183. The van der Waals surface area contributed by atoms with Gasteiger partial charge in [0.05, 0.1) is 12.0 Å². The van der Waals surface area contributed by atoms with Crippen LogP contribution in [0.4, 0.5) is 4.79 Å². The monoisotopic (exact) mass is 305 g/mol. The first-order valence-corrected chi connectivity index (χ1v) is 7.87. The van der Waals surface area contributed by atoms with Crippen LogP contribution in [-0.4, -0.2) is 29.7 Å². The van der Waals surface area contributed by atoms with E-state index < -0.39 is 0 Å². The highest BCUT2D eigenvalue weighted by atomic mass is 32.2. The number of nitrogens with zero attached hydrogens (tertiary/aromatic N) is 1. The van der Waals surface area contributed by atoms with Crippen LogP contribution >= 0.6 is 11.8 Å². The van der Waals surface area contributed by atoms with Gasteiger partial charge >= 0.3 is 0 Å². The molecule has 0 atom stereocenters. The lowest BCUT2D eigenvalue weighted by atomic mass is 10.2. The normalized spacial score (nSPS) is 16.9. The van der Waals surface area contributed by atoms with Gasteiger partial charge in [0.2, 0.25) is 0 Å². The minimum Gasteiger partial charge on any atom is -0.496 e. The van der Waals surface area contributed by atoms with Gasteiger partial charge in [-0.3, -0.25) is 14.5 Å². The number of hydrogen-bond donors (Lipinski definition) is 0. The van der Waals surface area contributed by atoms with Crippen LogP contribution in [0.15, 0.2) is 29.2 Å². The van der Waals surface area contributed by atoms with Crippen molar-refractivity contribution in [2.24, 2.45) is 0 Å². The summed E-state index contributed by atoms with van der Waals surface area (Å²) in [6.45, 7) is 2.59. The summed E-state index contributed by atoms with van der Waals surface area (Å²) in [5.41, 5.74) is 0.805. The number of unbranched alkanes of at least 4 members (excludes halogenated alkanes) is 2. The molecule has 1 heterocycles. The first kappa shape index (κ1) is 15.6. The summed E-state index contributed by atoms with van der Waals surface area (Å²) < 4.78 is 5.26. The Kier molecular flexibility index (Phi) is 5.44. The third kappa shape index (κ3) is 3.67. The van der Waals surface area contributed by atoms with Crippen molar-refractivity contribution in [2.45, 2.75) is 26.2 Å². The molecular formula is C16H19NO3S. The fraction of sp³-hybridized carbons (Fsp3) is 0.375. The Balaban J connectivity index is 2.16. The Morgan fingerprint density at radius 3 is 2.71 bits per heavy atom. The van der Waals surface area contributed by atoms with E-state index in [4.69, 9.17) is 4.74 Å². The van der Waals surface area contributed by atoms with Gasteiger partial charge in [-0.25, -0.2) is 0 Å². The maximum atomic E-state index is 12.3. The minimum atomic E-state index is -0.202. The Morgan fingerprint density at radius 1 is 1.24 bits per heavy atom. The zero-order chi connectivity index (χ0) is 15.2. The lowest BCUT2D eigenvalue weighted by molar-refractivity contribution is -0.122. The second-order valence-electron chi connectivity index (χ2n) is 4.78. The average molecular weight is 305 g/mol. The van der Waals surface area contributed by atoms with Crippen LogP contribution in [0.5, 0.6) is 5.75 Å². The molecule has 2 amide bonds. The fourth-order valence-corrected chi connectivity index (χ4v) is 3.00. The minimum absolute atomic E-state index is 0.183. The van der Waals surface area contributed by atoms with Crippen molar-refractivity contribution < 1.29 is 14.3 Å². The van der Waals surface area contributed by atoms with Gasteiger partial charge in [0.25, 0.3) is 11.1 Å². The van der Waals surface area contributed by atoms with Gasteiger partial charge in [-0.15, -0.1) is 0 Å². The molecule has 0 spiro atoms. The lowest BCUT2D eigenvalue weighted by Crippen LogP contribution is -2.29. The average Bonchev–Trinajstić information content (AvgIpc) is 2.75. The van der Waals surface area contributed by atoms with Crippen LogP contribution in [0.3, 0.4) is 0 Å². The molecule has 4 nitrogen and oxygen atoms in total. The van der Waals surface area contributed by atoms with E-state index in [9.17, 15) is 9.59 Å². The largest absolute Gasteiger partial charge is 0.496 e. The number of thioether (sulfide) groups is 1. The molecule has 21 heavy (non-hydrogen) atoms. The first-order valence-electron chi connectivity index (χ1n) is 7.05. The summed E-state index contributed by atoms with van der Waals surface area (Å²) in [6.07, 6.45) is 4.67. The molecular weight excluding hydrogens is 286 g/mol. The van der Waals surface area contributed by atoms with E-state index in [-0.39, 0.29) is 11.1 Å². The lowest BCUT2D eigenvalue weighted by Gasteiger charge is -2.11. The smallest absolute Gasteiger partial charge is 0.293 e. The summed E-state index contributed by atoms with van der Waals surface area (Å²) in [7, 11) is 1.59.